The van der Waals surface area contributed by atoms with Crippen molar-refractivity contribution in [2.24, 2.45) is 0 Å². The fourth-order valence-corrected chi connectivity index (χ4v) is 1.74. The molecule has 1 heterocycles. The molecule has 3 N–H and O–H groups in total. The largest absolute Gasteiger partial charge is 0.396 e. The fourth-order valence-electron chi connectivity index (χ4n) is 1.74. The third-order valence-corrected chi connectivity index (χ3v) is 2.94. The monoisotopic (exact) mass is 252 g/mol. The van der Waals surface area contributed by atoms with Gasteiger partial charge >= 0.3 is 0 Å². The third kappa shape index (κ3) is 4.14. The molecule has 1 atom stereocenters. The minimum Gasteiger partial charge on any atom is -0.396 e. The van der Waals surface area contributed by atoms with E-state index < -0.39 is 0 Å². The number of nitrogens with zero attached hydrogens (tertiary/aromatic N) is 2. The van der Waals surface area contributed by atoms with Crippen molar-refractivity contribution in [3.63, 3.8) is 0 Å². The third-order valence-electron chi connectivity index (χ3n) is 2.94. The van der Waals surface area contributed by atoms with E-state index in [1.165, 1.54) is 0 Å². The minimum atomic E-state index is 0.191. The summed E-state index contributed by atoms with van der Waals surface area (Å²) in [5.74, 6) is 1.73. The molecule has 18 heavy (non-hydrogen) atoms. The highest BCUT2D eigenvalue weighted by Crippen LogP contribution is 2.19. The lowest BCUT2D eigenvalue weighted by Gasteiger charge is -2.19. The van der Waals surface area contributed by atoms with Gasteiger partial charge in [0, 0.05) is 24.8 Å². The van der Waals surface area contributed by atoms with E-state index in [0.29, 0.717) is 0 Å². The molecule has 0 aliphatic rings. The van der Waals surface area contributed by atoms with Crippen LogP contribution in [0.15, 0.2) is 6.33 Å². The molecule has 0 saturated heterocycles. The first kappa shape index (κ1) is 14.7. The zero-order valence-corrected chi connectivity index (χ0v) is 11.5. The van der Waals surface area contributed by atoms with Gasteiger partial charge in [-0.15, -0.1) is 0 Å². The first-order valence-corrected chi connectivity index (χ1v) is 6.65. The molecule has 0 aromatic carbocycles. The number of rotatable bonds is 8. The van der Waals surface area contributed by atoms with Gasteiger partial charge in [-0.2, -0.15) is 0 Å². The van der Waals surface area contributed by atoms with Gasteiger partial charge in [-0.25, -0.2) is 9.97 Å². The maximum absolute atomic E-state index is 9.00. The molecule has 1 rings (SSSR count). The van der Waals surface area contributed by atoms with Gasteiger partial charge < -0.3 is 15.7 Å². The Morgan fingerprint density at radius 3 is 2.61 bits per heavy atom. The van der Waals surface area contributed by atoms with Gasteiger partial charge in [-0.3, -0.25) is 0 Å². The SMILES string of the molecule is CCCNc1ncnc(NC(CC)CCO)c1C. The Balaban J connectivity index is 2.75. The first-order chi connectivity index (χ1) is 8.72. The summed E-state index contributed by atoms with van der Waals surface area (Å²) in [5, 5.41) is 15.7. The molecule has 1 aromatic heterocycles. The lowest BCUT2D eigenvalue weighted by molar-refractivity contribution is 0.278. The molecule has 0 aliphatic heterocycles. The van der Waals surface area contributed by atoms with E-state index >= 15 is 0 Å². The molecule has 102 valence electrons. The van der Waals surface area contributed by atoms with Crippen molar-refractivity contribution < 1.29 is 5.11 Å². The zero-order valence-electron chi connectivity index (χ0n) is 11.5. The van der Waals surface area contributed by atoms with E-state index in [4.69, 9.17) is 5.11 Å². The normalized spacial score (nSPS) is 12.2. The van der Waals surface area contributed by atoms with Crippen LogP contribution in [0.5, 0.6) is 0 Å². The quantitative estimate of drug-likeness (QED) is 0.661. The van der Waals surface area contributed by atoms with Crippen LogP contribution in [0.25, 0.3) is 0 Å². The van der Waals surface area contributed by atoms with Gasteiger partial charge in [0.1, 0.15) is 18.0 Å². The Bertz CT molecular complexity index is 357. The molecule has 0 amide bonds. The summed E-state index contributed by atoms with van der Waals surface area (Å²) in [7, 11) is 0. The first-order valence-electron chi connectivity index (χ1n) is 6.65. The summed E-state index contributed by atoms with van der Waals surface area (Å²) in [6.45, 7) is 7.32. The minimum absolute atomic E-state index is 0.191. The van der Waals surface area contributed by atoms with Gasteiger partial charge in [-0.05, 0) is 26.2 Å². The molecule has 0 radical (unpaired) electrons. The Labute approximate surface area is 109 Å². The van der Waals surface area contributed by atoms with E-state index in [9.17, 15) is 0 Å². The van der Waals surface area contributed by atoms with E-state index in [0.717, 1.165) is 43.0 Å². The van der Waals surface area contributed by atoms with E-state index in [2.05, 4.69) is 34.4 Å². The summed E-state index contributed by atoms with van der Waals surface area (Å²) >= 11 is 0. The average molecular weight is 252 g/mol. The number of aromatic nitrogens is 2. The highest BCUT2D eigenvalue weighted by atomic mass is 16.3. The molecule has 5 nitrogen and oxygen atoms in total. The molecule has 5 heteroatoms. The second-order valence-electron chi connectivity index (χ2n) is 4.38. The van der Waals surface area contributed by atoms with Gasteiger partial charge in [-0.1, -0.05) is 13.8 Å². The van der Waals surface area contributed by atoms with E-state index in [1.54, 1.807) is 6.33 Å². The Morgan fingerprint density at radius 2 is 2.00 bits per heavy atom. The second kappa shape index (κ2) is 7.87. The van der Waals surface area contributed by atoms with Gasteiger partial charge in [0.25, 0.3) is 0 Å². The Morgan fingerprint density at radius 1 is 1.28 bits per heavy atom. The van der Waals surface area contributed by atoms with Crippen LogP contribution in [0.1, 0.15) is 38.7 Å². The topological polar surface area (TPSA) is 70.1 Å². The molecular formula is C13H24N4O. The highest BCUT2D eigenvalue weighted by molar-refractivity contribution is 5.56. The van der Waals surface area contributed by atoms with Crippen LogP contribution in [0.3, 0.4) is 0 Å². The highest BCUT2D eigenvalue weighted by Gasteiger charge is 2.10. The predicted octanol–water partition coefficient (Wildman–Crippen LogP) is 2.18. The van der Waals surface area contributed by atoms with Crippen LogP contribution >= 0.6 is 0 Å². The van der Waals surface area contributed by atoms with Gasteiger partial charge in [0.2, 0.25) is 0 Å². The molecule has 0 saturated carbocycles. The van der Waals surface area contributed by atoms with Crippen LogP contribution in [-0.2, 0) is 0 Å². The van der Waals surface area contributed by atoms with Crippen molar-refractivity contribution in [1.82, 2.24) is 9.97 Å². The van der Waals surface area contributed by atoms with Crippen LogP contribution in [0.2, 0.25) is 0 Å². The zero-order chi connectivity index (χ0) is 13.4. The Hall–Kier alpha value is -1.36. The van der Waals surface area contributed by atoms with Crippen molar-refractivity contribution in [2.45, 2.75) is 46.1 Å². The van der Waals surface area contributed by atoms with Gasteiger partial charge in [0.05, 0.1) is 0 Å². The summed E-state index contributed by atoms with van der Waals surface area (Å²) in [4.78, 5) is 8.52. The van der Waals surface area contributed by atoms with Gasteiger partial charge in [0.15, 0.2) is 0 Å². The molecule has 0 bridgehead atoms. The number of aliphatic hydroxyl groups excluding tert-OH is 1. The summed E-state index contributed by atoms with van der Waals surface area (Å²) in [6.07, 6.45) is 4.33. The predicted molar refractivity (Wildman–Crippen MR) is 75.0 cm³/mol. The van der Waals surface area contributed by atoms with Crippen LogP contribution in [-0.4, -0.2) is 34.3 Å². The van der Waals surface area contributed by atoms with Crippen molar-refractivity contribution in [3.05, 3.63) is 11.9 Å². The maximum Gasteiger partial charge on any atom is 0.134 e. The summed E-state index contributed by atoms with van der Waals surface area (Å²) in [6, 6.07) is 0.252. The van der Waals surface area contributed by atoms with E-state index in [1.807, 2.05) is 6.92 Å². The van der Waals surface area contributed by atoms with E-state index in [-0.39, 0.29) is 12.6 Å². The van der Waals surface area contributed by atoms with Crippen molar-refractivity contribution in [2.75, 3.05) is 23.8 Å². The smallest absolute Gasteiger partial charge is 0.134 e. The molecule has 1 aromatic rings. The molecule has 1 unspecified atom stereocenters. The number of aliphatic hydroxyl groups is 1. The standard InChI is InChI=1S/C13H24N4O/c1-4-7-14-12-10(3)13(16-9-15-12)17-11(5-2)6-8-18/h9,11,18H,4-8H2,1-3H3,(H2,14,15,16,17). The van der Waals surface area contributed by atoms with Crippen molar-refractivity contribution in [1.29, 1.82) is 0 Å². The number of nitrogens with one attached hydrogen (secondary N) is 2. The second-order valence-corrected chi connectivity index (χ2v) is 4.38. The number of hydrogen-bond donors (Lipinski definition) is 3. The number of anilines is 2. The molecule has 0 fully saturated rings. The van der Waals surface area contributed by atoms with Crippen LogP contribution < -0.4 is 10.6 Å². The lowest BCUT2D eigenvalue weighted by Crippen LogP contribution is -2.21. The van der Waals surface area contributed by atoms with Crippen LogP contribution in [0.4, 0.5) is 11.6 Å². The molecule has 0 spiro atoms. The van der Waals surface area contributed by atoms with Crippen LogP contribution in [0, 0.1) is 6.92 Å². The Kier molecular flexibility index (Phi) is 6.43. The fraction of sp³-hybridized carbons (Fsp3) is 0.692. The summed E-state index contributed by atoms with van der Waals surface area (Å²) in [5.41, 5.74) is 1.03. The molecule has 0 aliphatic carbocycles. The number of hydrogen-bond acceptors (Lipinski definition) is 5. The van der Waals surface area contributed by atoms with Crippen molar-refractivity contribution >= 4 is 11.6 Å². The van der Waals surface area contributed by atoms with Crippen molar-refractivity contribution in [3.8, 4) is 0 Å². The average Bonchev–Trinajstić information content (AvgIpc) is 2.39. The summed E-state index contributed by atoms with van der Waals surface area (Å²) < 4.78 is 0. The molecular weight excluding hydrogens is 228 g/mol. The maximum atomic E-state index is 9.00. The lowest BCUT2D eigenvalue weighted by atomic mass is 10.1.